The molecule has 0 spiro atoms. The predicted molar refractivity (Wildman–Crippen MR) is 76.2 cm³/mol. The number of ether oxygens (including phenoxy) is 1. The number of methoxy groups -OCH3 is 1. The van der Waals surface area contributed by atoms with Gasteiger partial charge in [-0.3, -0.25) is 4.79 Å². The molecule has 0 radical (unpaired) electrons. The number of rotatable bonds is 4. The summed E-state index contributed by atoms with van der Waals surface area (Å²) in [7, 11) is 1.48. The third kappa shape index (κ3) is 3.57. The van der Waals surface area contributed by atoms with E-state index < -0.39 is 0 Å². The van der Waals surface area contributed by atoms with Crippen LogP contribution in [-0.4, -0.2) is 37.6 Å². The molecule has 1 heterocycles. The monoisotopic (exact) mass is 261 g/mol. The molecule has 19 heavy (non-hydrogen) atoms. The molecular weight excluding hydrogens is 238 g/mol. The van der Waals surface area contributed by atoms with Crippen LogP contribution in [0.2, 0.25) is 0 Å². The van der Waals surface area contributed by atoms with Crippen LogP contribution in [0.1, 0.15) is 36.3 Å². The number of nitrogens with zero attached hydrogens (tertiary/aromatic N) is 1. The van der Waals surface area contributed by atoms with Crippen LogP contribution in [0, 0.1) is 6.92 Å². The average molecular weight is 261 g/mol. The van der Waals surface area contributed by atoms with Crippen molar-refractivity contribution >= 4 is 5.97 Å². The van der Waals surface area contributed by atoms with Crippen molar-refractivity contribution in [1.82, 2.24) is 4.90 Å². The second-order valence-electron chi connectivity index (χ2n) is 5.29. The molecule has 0 N–H and O–H groups in total. The highest BCUT2D eigenvalue weighted by Gasteiger charge is 2.26. The van der Waals surface area contributed by atoms with Gasteiger partial charge < -0.3 is 9.64 Å². The van der Waals surface area contributed by atoms with Gasteiger partial charge in [-0.2, -0.15) is 0 Å². The van der Waals surface area contributed by atoms with Crippen molar-refractivity contribution in [3.05, 3.63) is 35.4 Å². The largest absolute Gasteiger partial charge is 0.469 e. The average Bonchev–Trinajstić information content (AvgIpc) is 2.46. The van der Waals surface area contributed by atoms with Crippen LogP contribution in [-0.2, 0) is 9.53 Å². The summed E-state index contributed by atoms with van der Waals surface area (Å²) in [5.41, 5.74) is 2.26. The van der Waals surface area contributed by atoms with Gasteiger partial charge >= 0.3 is 5.97 Å². The molecule has 3 nitrogen and oxygen atoms in total. The summed E-state index contributed by atoms with van der Waals surface area (Å²) in [5, 5.41) is 0. The number of piperidine rings is 1. The van der Waals surface area contributed by atoms with Gasteiger partial charge in [0.2, 0.25) is 0 Å². The highest BCUT2D eigenvalue weighted by Crippen LogP contribution is 2.23. The van der Waals surface area contributed by atoms with Gasteiger partial charge in [0.15, 0.2) is 0 Å². The smallest absolute Gasteiger partial charge is 0.314 e. The molecular formula is C16H23NO2. The van der Waals surface area contributed by atoms with E-state index >= 15 is 0 Å². The molecule has 1 fully saturated rings. The lowest BCUT2D eigenvalue weighted by atomic mass is 9.93. The Morgan fingerprint density at radius 3 is 2.58 bits per heavy atom. The quantitative estimate of drug-likeness (QED) is 0.781. The Kier molecular flexibility index (Phi) is 4.97. The molecule has 1 aliphatic heterocycles. The van der Waals surface area contributed by atoms with Crippen LogP contribution < -0.4 is 0 Å². The second-order valence-corrected chi connectivity index (χ2v) is 5.29. The molecule has 1 saturated heterocycles. The molecule has 0 saturated carbocycles. The van der Waals surface area contributed by atoms with Gasteiger partial charge in [0.1, 0.15) is 0 Å². The normalized spacial score (nSPS) is 18.0. The van der Waals surface area contributed by atoms with Gasteiger partial charge in [0.05, 0.1) is 13.0 Å². The number of carbonyl (C=O) groups is 1. The minimum atomic E-state index is -0.163. The minimum Gasteiger partial charge on any atom is -0.469 e. The fraction of sp³-hybridized carbons (Fsp3) is 0.562. The van der Waals surface area contributed by atoms with Crippen molar-refractivity contribution in [2.45, 2.75) is 32.1 Å². The number of aryl methyl sites for hydroxylation is 1. The fourth-order valence-corrected chi connectivity index (χ4v) is 2.82. The maximum absolute atomic E-state index is 12.1. The van der Waals surface area contributed by atoms with Crippen molar-refractivity contribution < 1.29 is 9.53 Å². The third-order valence-corrected chi connectivity index (χ3v) is 3.94. The first-order chi connectivity index (χ1) is 9.22. The first-order valence-electron chi connectivity index (χ1n) is 7.08. The summed E-state index contributed by atoms with van der Waals surface area (Å²) in [4.78, 5) is 14.5. The van der Waals surface area contributed by atoms with Crippen LogP contribution in [0.15, 0.2) is 24.3 Å². The highest BCUT2D eigenvalue weighted by molar-refractivity contribution is 5.78. The molecule has 1 atom stereocenters. The molecule has 104 valence electrons. The molecule has 0 aliphatic carbocycles. The Balaban J connectivity index is 2.16. The molecule has 0 aromatic heterocycles. The molecule has 1 aromatic rings. The van der Waals surface area contributed by atoms with E-state index in [2.05, 4.69) is 17.9 Å². The summed E-state index contributed by atoms with van der Waals surface area (Å²) < 4.78 is 5.00. The zero-order valence-corrected chi connectivity index (χ0v) is 11.9. The number of hydrogen-bond acceptors (Lipinski definition) is 3. The Morgan fingerprint density at radius 1 is 1.26 bits per heavy atom. The van der Waals surface area contributed by atoms with E-state index in [4.69, 9.17) is 4.74 Å². The van der Waals surface area contributed by atoms with Crippen molar-refractivity contribution in [2.24, 2.45) is 0 Å². The van der Waals surface area contributed by atoms with E-state index in [-0.39, 0.29) is 11.9 Å². The van der Waals surface area contributed by atoms with Crippen LogP contribution in [0.3, 0.4) is 0 Å². The van der Waals surface area contributed by atoms with Crippen molar-refractivity contribution in [3.63, 3.8) is 0 Å². The van der Waals surface area contributed by atoms with E-state index in [1.165, 1.54) is 26.4 Å². The van der Waals surface area contributed by atoms with Crippen molar-refractivity contribution in [1.29, 1.82) is 0 Å². The minimum absolute atomic E-state index is 0.125. The van der Waals surface area contributed by atoms with E-state index in [1.807, 2.05) is 18.2 Å². The van der Waals surface area contributed by atoms with Crippen molar-refractivity contribution in [2.75, 3.05) is 26.7 Å². The van der Waals surface area contributed by atoms with Gasteiger partial charge in [-0.05, 0) is 44.0 Å². The fourth-order valence-electron chi connectivity index (χ4n) is 2.82. The zero-order chi connectivity index (χ0) is 13.7. The van der Waals surface area contributed by atoms with Crippen LogP contribution in [0.25, 0.3) is 0 Å². The lowest BCUT2D eigenvalue weighted by molar-refractivity contribution is -0.143. The summed E-state index contributed by atoms with van der Waals surface area (Å²) in [6.45, 7) is 5.03. The van der Waals surface area contributed by atoms with E-state index in [0.29, 0.717) is 0 Å². The second kappa shape index (κ2) is 6.71. The van der Waals surface area contributed by atoms with Gasteiger partial charge in [-0.1, -0.05) is 30.7 Å². The number of hydrogen-bond donors (Lipinski definition) is 0. The van der Waals surface area contributed by atoms with Crippen LogP contribution >= 0.6 is 0 Å². The van der Waals surface area contributed by atoms with E-state index in [1.54, 1.807) is 0 Å². The summed E-state index contributed by atoms with van der Waals surface area (Å²) >= 11 is 0. The maximum atomic E-state index is 12.1. The Labute approximate surface area is 115 Å². The number of esters is 1. The third-order valence-electron chi connectivity index (χ3n) is 3.94. The first kappa shape index (κ1) is 14.1. The molecule has 0 amide bonds. The van der Waals surface area contributed by atoms with Gasteiger partial charge in [0.25, 0.3) is 0 Å². The molecule has 2 rings (SSSR count). The molecule has 1 aliphatic rings. The highest BCUT2D eigenvalue weighted by atomic mass is 16.5. The van der Waals surface area contributed by atoms with Crippen LogP contribution in [0.5, 0.6) is 0 Å². The van der Waals surface area contributed by atoms with Gasteiger partial charge in [0, 0.05) is 6.54 Å². The van der Waals surface area contributed by atoms with Gasteiger partial charge in [-0.25, -0.2) is 0 Å². The Morgan fingerprint density at radius 2 is 1.95 bits per heavy atom. The van der Waals surface area contributed by atoms with Crippen LogP contribution in [0.4, 0.5) is 0 Å². The number of likely N-dealkylation sites (tertiary alicyclic amines) is 1. The molecule has 1 unspecified atom stereocenters. The maximum Gasteiger partial charge on any atom is 0.314 e. The summed E-state index contributed by atoms with van der Waals surface area (Å²) in [6, 6.07) is 8.10. The number of benzene rings is 1. The Hall–Kier alpha value is -1.35. The zero-order valence-electron chi connectivity index (χ0n) is 11.9. The molecule has 1 aromatic carbocycles. The lowest BCUT2D eigenvalue weighted by Crippen LogP contribution is -2.36. The standard InChI is InChI=1S/C16H23NO2/c1-13-8-4-5-9-14(13)15(16(18)19-2)12-17-10-6-3-7-11-17/h4-5,8-9,15H,3,6-7,10-12H2,1-2H3. The molecule has 3 heteroatoms. The summed E-state index contributed by atoms with van der Waals surface area (Å²) in [6.07, 6.45) is 3.78. The van der Waals surface area contributed by atoms with E-state index in [9.17, 15) is 4.79 Å². The lowest BCUT2D eigenvalue weighted by Gasteiger charge is -2.30. The van der Waals surface area contributed by atoms with Gasteiger partial charge in [-0.15, -0.1) is 0 Å². The topological polar surface area (TPSA) is 29.5 Å². The summed E-state index contributed by atoms with van der Waals surface area (Å²) in [5.74, 6) is -0.288. The molecule has 0 bridgehead atoms. The first-order valence-corrected chi connectivity index (χ1v) is 7.08. The van der Waals surface area contributed by atoms with E-state index in [0.717, 1.165) is 30.8 Å². The Bertz CT molecular complexity index is 425. The predicted octanol–water partition coefficient (Wildman–Crippen LogP) is 2.74. The number of carbonyl (C=O) groups excluding carboxylic acids is 1. The van der Waals surface area contributed by atoms with Crippen molar-refractivity contribution in [3.8, 4) is 0 Å². The SMILES string of the molecule is COC(=O)C(CN1CCCCC1)c1ccccc1C.